The molecule has 1 fully saturated rings. The summed E-state index contributed by atoms with van der Waals surface area (Å²) in [5, 5.41) is 11.6. The average molecular weight is 615 g/mol. The number of hydrogen-bond donors (Lipinski definition) is 1. The molecular formula is C27H34O16. The summed E-state index contributed by atoms with van der Waals surface area (Å²) < 4.78 is 49.3. The first kappa shape index (κ1) is 33.5. The van der Waals surface area contributed by atoms with E-state index in [1.807, 2.05) is 0 Å². The van der Waals surface area contributed by atoms with Crippen LogP contribution in [0, 0.1) is 5.92 Å². The summed E-state index contributed by atoms with van der Waals surface area (Å²) in [6, 6.07) is 0. The topological polar surface area (TPSA) is 206 Å². The molecule has 0 saturated carbocycles. The fourth-order valence-electron chi connectivity index (χ4n) is 4.97. The van der Waals surface area contributed by atoms with Crippen LogP contribution < -0.4 is 0 Å². The predicted molar refractivity (Wildman–Crippen MR) is 136 cm³/mol. The van der Waals surface area contributed by atoms with Gasteiger partial charge in [0.25, 0.3) is 0 Å². The summed E-state index contributed by atoms with van der Waals surface area (Å²) in [6.07, 6.45) is -6.47. The smallest absolute Gasteiger partial charge is 0.303 e. The monoisotopic (exact) mass is 614 g/mol. The van der Waals surface area contributed by atoms with E-state index in [4.69, 9.17) is 42.6 Å². The maximum absolute atomic E-state index is 12.1. The summed E-state index contributed by atoms with van der Waals surface area (Å²) in [4.78, 5) is 71.2. The molecule has 3 rings (SSSR count). The van der Waals surface area contributed by atoms with Crippen LogP contribution >= 0.6 is 0 Å². The van der Waals surface area contributed by atoms with Crippen molar-refractivity contribution in [2.24, 2.45) is 5.92 Å². The van der Waals surface area contributed by atoms with Crippen LogP contribution in [-0.2, 0) is 71.4 Å². The molecule has 0 radical (unpaired) electrons. The zero-order valence-electron chi connectivity index (χ0n) is 24.3. The van der Waals surface area contributed by atoms with Gasteiger partial charge in [0.2, 0.25) is 12.6 Å². The summed E-state index contributed by atoms with van der Waals surface area (Å²) in [7, 11) is 0. The molecule has 0 bridgehead atoms. The Bertz CT molecular complexity index is 1180. The van der Waals surface area contributed by atoms with E-state index >= 15 is 0 Å². The third kappa shape index (κ3) is 8.30. The second-order valence-corrected chi connectivity index (χ2v) is 9.93. The first-order valence-corrected chi connectivity index (χ1v) is 13.1. The number of aliphatic hydroxyl groups is 1. The van der Waals surface area contributed by atoms with Gasteiger partial charge < -0.3 is 47.7 Å². The van der Waals surface area contributed by atoms with Gasteiger partial charge in [-0.15, -0.1) is 0 Å². The largest absolute Gasteiger partial charge is 0.472 e. The van der Waals surface area contributed by atoms with Gasteiger partial charge >= 0.3 is 35.8 Å². The average Bonchev–Trinajstić information content (AvgIpc) is 3.15. The number of rotatable bonds is 10. The highest BCUT2D eigenvalue weighted by atomic mass is 16.8. The zero-order chi connectivity index (χ0) is 32.1. The van der Waals surface area contributed by atoms with Crippen LogP contribution in [0.2, 0.25) is 0 Å². The standard InChI is InChI=1S/C27H34O16/c1-12(28)36-10-18-9-20(38-14(3)30)27(34)7-8-35-25(21(18)27)43-26-24(41-17(6)33)23(40-16(5)32)22(39-15(4)31)19(42-26)11-37-13(2)29/h7-9,19-26,34H,10-11H2,1-6H3/t19-,20-,21+,22-,23+,24-,25+,26+,27-/m1/s1. The molecule has 16 heteroatoms. The van der Waals surface area contributed by atoms with Crippen molar-refractivity contribution >= 4 is 35.8 Å². The minimum Gasteiger partial charge on any atom is -0.472 e. The van der Waals surface area contributed by atoms with Gasteiger partial charge in [0.1, 0.15) is 24.9 Å². The van der Waals surface area contributed by atoms with Crippen LogP contribution in [0.15, 0.2) is 24.0 Å². The molecule has 0 amide bonds. The fourth-order valence-corrected chi connectivity index (χ4v) is 4.97. The Labute approximate surface area is 246 Å². The number of esters is 6. The summed E-state index contributed by atoms with van der Waals surface area (Å²) in [6.45, 7) is 5.82. The third-order valence-corrected chi connectivity index (χ3v) is 6.49. The SMILES string of the molecule is CC(=O)OCC1=C[C@@H](OC(C)=O)[C@]2(O)C=CO[C@@H](O[C@@H]3O[C@H](COC(C)=O)[C@@H](OC(C)=O)[C@H](OC(C)=O)[C@H]3OC(C)=O)[C@H]12. The van der Waals surface area contributed by atoms with Crippen LogP contribution in [0.1, 0.15) is 41.5 Å². The molecule has 0 aromatic heterocycles. The lowest BCUT2D eigenvalue weighted by molar-refractivity contribution is -0.346. The molecule has 0 unspecified atom stereocenters. The van der Waals surface area contributed by atoms with Crippen molar-refractivity contribution in [3.8, 4) is 0 Å². The van der Waals surface area contributed by atoms with Crippen molar-refractivity contribution in [2.45, 2.75) is 90.2 Å². The van der Waals surface area contributed by atoms with Crippen molar-refractivity contribution < 1.29 is 76.5 Å². The number of carbonyl (C=O) groups excluding carboxylic acids is 6. The van der Waals surface area contributed by atoms with E-state index in [1.165, 1.54) is 19.1 Å². The van der Waals surface area contributed by atoms with Crippen LogP contribution in [0.3, 0.4) is 0 Å². The van der Waals surface area contributed by atoms with E-state index in [0.717, 1.165) is 40.9 Å². The van der Waals surface area contributed by atoms with E-state index in [1.54, 1.807) is 0 Å². The van der Waals surface area contributed by atoms with Crippen molar-refractivity contribution in [2.75, 3.05) is 13.2 Å². The lowest BCUT2D eigenvalue weighted by atomic mass is 9.83. The number of hydrogen-bond acceptors (Lipinski definition) is 16. The van der Waals surface area contributed by atoms with Gasteiger partial charge in [-0.3, -0.25) is 28.8 Å². The Hall–Kier alpha value is -4.02. The van der Waals surface area contributed by atoms with Crippen molar-refractivity contribution in [1.29, 1.82) is 0 Å². The maximum atomic E-state index is 12.1. The fraction of sp³-hybridized carbons (Fsp3) is 0.630. The second kappa shape index (κ2) is 14.0. The van der Waals surface area contributed by atoms with Crippen LogP contribution in [0.5, 0.6) is 0 Å². The molecule has 1 saturated heterocycles. The molecule has 2 aliphatic heterocycles. The normalized spacial score (nSPS) is 32.7. The van der Waals surface area contributed by atoms with Crippen molar-refractivity contribution in [1.82, 2.24) is 0 Å². The molecule has 9 atom stereocenters. The summed E-state index contributed by atoms with van der Waals surface area (Å²) >= 11 is 0. The van der Waals surface area contributed by atoms with Gasteiger partial charge in [0, 0.05) is 41.5 Å². The minimum atomic E-state index is -1.94. The number of ether oxygens (including phenoxy) is 9. The van der Waals surface area contributed by atoms with E-state index in [2.05, 4.69) is 0 Å². The molecule has 238 valence electrons. The molecule has 0 aromatic rings. The van der Waals surface area contributed by atoms with Gasteiger partial charge in [-0.1, -0.05) is 0 Å². The minimum absolute atomic E-state index is 0.254. The summed E-state index contributed by atoms with van der Waals surface area (Å²) in [5.74, 6) is -5.73. The first-order valence-electron chi connectivity index (χ1n) is 13.1. The molecule has 1 aliphatic carbocycles. The maximum Gasteiger partial charge on any atom is 0.303 e. The molecular weight excluding hydrogens is 580 g/mol. The quantitative estimate of drug-likeness (QED) is 0.191. The predicted octanol–water partition coefficient (Wildman–Crippen LogP) is -0.262. The molecule has 0 aromatic carbocycles. The Balaban J connectivity index is 2.03. The lowest BCUT2D eigenvalue weighted by Gasteiger charge is -2.46. The highest BCUT2D eigenvalue weighted by Crippen LogP contribution is 2.45. The van der Waals surface area contributed by atoms with Crippen molar-refractivity contribution in [3.63, 3.8) is 0 Å². The van der Waals surface area contributed by atoms with E-state index in [-0.39, 0.29) is 12.2 Å². The van der Waals surface area contributed by atoms with Crippen LogP contribution in [0.4, 0.5) is 0 Å². The molecule has 16 nitrogen and oxygen atoms in total. The van der Waals surface area contributed by atoms with Crippen LogP contribution in [0.25, 0.3) is 0 Å². The van der Waals surface area contributed by atoms with Crippen LogP contribution in [-0.4, -0.2) is 103 Å². The van der Waals surface area contributed by atoms with Gasteiger partial charge in [-0.05, 0) is 17.7 Å². The number of carbonyl (C=O) groups is 6. The zero-order valence-corrected chi connectivity index (χ0v) is 24.3. The molecule has 3 aliphatic rings. The van der Waals surface area contributed by atoms with E-state index in [0.29, 0.717) is 0 Å². The van der Waals surface area contributed by atoms with E-state index in [9.17, 15) is 33.9 Å². The van der Waals surface area contributed by atoms with Gasteiger partial charge in [0.15, 0.2) is 24.4 Å². The van der Waals surface area contributed by atoms with Crippen molar-refractivity contribution in [3.05, 3.63) is 24.0 Å². The Morgan fingerprint density at radius 1 is 0.744 bits per heavy atom. The molecule has 2 heterocycles. The first-order chi connectivity index (χ1) is 20.1. The highest BCUT2D eigenvalue weighted by molar-refractivity contribution is 5.69. The Morgan fingerprint density at radius 3 is 1.86 bits per heavy atom. The van der Waals surface area contributed by atoms with E-state index < -0.39 is 97.0 Å². The molecule has 1 N–H and O–H groups in total. The van der Waals surface area contributed by atoms with Gasteiger partial charge in [0.05, 0.1) is 12.2 Å². The number of fused-ring (bicyclic) bond motifs is 1. The summed E-state index contributed by atoms with van der Waals surface area (Å²) in [5.41, 5.74) is -1.69. The Kier molecular flexibility index (Phi) is 10.9. The molecule has 43 heavy (non-hydrogen) atoms. The third-order valence-electron chi connectivity index (χ3n) is 6.49. The highest BCUT2D eigenvalue weighted by Gasteiger charge is 2.59. The lowest BCUT2D eigenvalue weighted by Crippen LogP contribution is -2.64. The Morgan fingerprint density at radius 2 is 1.30 bits per heavy atom. The second-order valence-electron chi connectivity index (χ2n) is 9.93. The molecule has 0 spiro atoms. The van der Waals surface area contributed by atoms with Gasteiger partial charge in [-0.2, -0.15) is 0 Å². The van der Waals surface area contributed by atoms with Gasteiger partial charge in [-0.25, -0.2) is 0 Å².